The van der Waals surface area contributed by atoms with E-state index in [0.29, 0.717) is 19.3 Å². The second-order valence-corrected chi connectivity index (χ2v) is 23.8. The summed E-state index contributed by atoms with van der Waals surface area (Å²) in [5.41, 5.74) is 0. The Bertz CT molecular complexity index is 1430. The Labute approximate surface area is 498 Å². The number of ether oxygens (including phenoxy) is 3. The molecule has 0 aromatic heterocycles. The van der Waals surface area contributed by atoms with Crippen molar-refractivity contribution >= 4 is 17.9 Å². The highest BCUT2D eigenvalue weighted by Gasteiger charge is 2.19. The van der Waals surface area contributed by atoms with Gasteiger partial charge in [-0.3, -0.25) is 14.4 Å². The first kappa shape index (κ1) is 77.1. The summed E-state index contributed by atoms with van der Waals surface area (Å²) in [6.07, 6.45) is 88.5. The summed E-state index contributed by atoms with van der Waals surface area (Å²) in [6.45, 7) is 6.54. The van der Waals surface area contributed by atoms with E-state index in [1.165, 1.54) is 238 Å². The highest BCUT2D eigenvalue weighted by atomic mass is 16.6. The van der Waals surface area contributed by atoms with Crippen LogP contribution in [-0.4, -0.2) is 37.2 Å². The number of esters is 3. The van der Waals surface area contributed by atoms with Crippen LogP contribution in [0.4, 0.5) is 0 Å². The zero-order valence-corrected chi connectivity index (χ0v) is 53.6. The van der Waals surface area contributed by atoms with E-state index in [0.717, 1.165) is 96.3 Å². The molecule has 80 heavy (non-hydrogen) atoms. The molecule has 1 atom stereocenters. The van der Waals surface area contributed by atoms with Crippen molar-refractivity contribution in [3.8, 4) is 0 Å². The molecule has 0 fully saturated rings. The molecule has 0 aliphatic rings. The summed E-state index contributed by atoms with van der Waals surface area (Å²) in [6, 6.07) is 0. The lowest BCUT2D eigenvalue weighted by Gasteiger charge is -2.18. The van der Waals surface area contributed by atoms with Gasteiger partial charge in [-0.15, -0.1) is 0 Å². The molecule has 466 valence electrons. The van der Waals surface area contributed by atoms with Crippen molar-refractivity contribution in [2.45, 2.75) is 380 Å². The minimum atomic E-state index is -0.778. The van der Waals surface area contributed by atoms with Crippen molar-refractivity contribution in [2.75, 3.05) is 13.2 Å². The van der Waals surface area contributed by atoms with Gasteiger partial charge in [-0.25, -0.2) is 0 Å². The minimum absolute atomic E-state index is 0.0746. The van der Waals surface area contributed by atoms with Crippen LogP contribution in [0.5, 0.6) is 0 Å². The SMILES string of the molecule is CC/C=C\C/C=C\C/C=C\C/C=C\C/C=C\CCCCCCCCCC(=O)OC(COC(=O)CCCCCCCCCC)COC(=O)CCCCCCCCCCCCCCCCCCCCCCCCCCCCCCCCC. The molecule has 0 spiro atoms. The Hall–Kier alpha value is -2.89. The molecule has 0 N–H and O–H groups in total. The molecule has 0 aliphatic carbocycles. The Kier molecular flexibility index (Phi) is 66.1. The van der Waals surface area contributed by atoms with E-state index in [4.69, 9.17) is 14.2 Å². The van der Waals surface area contributed by atoms with Crippen LogP contribution in [0, 0.1) is 0 Å². The fraction of sp³-hybridized carbons (Fsp3) is 0.824. The summed E-state index contributed by atoms with van der Waals surface area (Å²) >= 11 is 0. The summed E-state index contributed by atoms with van der Waals surface area (Å²) in [7, 11) is 0. The van der Waals surface area contributed by atoms with Crippen LogP contribution < -0.4 is 0 Å². The van der Waals surface area contributed by atoms with E-state index in [9.17, 15) is 14.4 Å². The number of rotatable bonds is 65. The van der Waals surface area contributed by atoms with Gasteiger partial charge < -0.3 is 14.2 Å². The smallest absolute Gasteiger partial charge is 0.306 e. The van der Waals surface area contributed by atoms with E-state index in [-0.39, 0.29) is 31.1 Å². The minimum Gasteiger partial charge on any atom is -0.462 e. The van der Waals surface area contributed by atoms with Crippen molar-refractivity contribution in [3.63, 3.8) is 0 Å². The van der Waals surface area contributed by atoms with Gasteiger partial charge in [0.15, 0.2) is 6.10 Å². The third kappa shape index (κ3) is 65.9. The maximum Gasteiger partial charge on any atom is 0.306 e. The largest absolute Gasteiger partial charge is 0.462 e. The van der Waals surface area contributed by atoms with E-state index < -0.39 is 6.10 Å². The van der Waals surface area contributed by atoms with Crippen molar-refractivity contribution in [1.29, 1.82) is 0 Å². The summed E-state index contributed by atoms with van der Waals surface area (Å²) < 4.78 is 16.9. The molecule has 1 unspecified atom stereocenters. The van der Waals surface area contributed by atoms with Gasteiger partial charge in [0, 0.05) is 19.3 Å². The van der Waals surface area contributed by atoms with E-state index in [1.807, 2.05) is 0 Å². The fourth-order valence-electron chi connectivity index (χ4n) is 10.5. The summed E-state index contributed by atoms with van der Waals surface area (Å²) in [5, 5.41) is 0. The van der Waals surface area contributed by atoms with Crippen LogP contribution in [-0.2, 0) is 28.6 Å². The van der Waals surface area contributed by atoms with Gasteiger partial charge in [0.25, 0.3) is 0 Å². The molecule has 0 aromatic carbocycles. The van der Waals surface area contributed by atoms with Crippen molar-refractivity contribution in [2.24, 2.45) is 0 Å². The van der Waals surface area contributed by atoms with Gasteiger partial charge in [0.2, 0.25) is 0 Å². The molecule has 0 saturated heterocycles. The van der Waals surface area contributed by atoms with Crippen molar-refractivity contribution in [3.05, 3.63) is 60.8 Å². The number of carbonyl (C=O) groups is 3. The third-order valence-electron chi connectivity index (χ3n) is 15.8. The van der Waals surface area contributed by atoms with Crippen LogP contribution >= 0.6 is 0 Å². The molecule has 0 aromatic rings. The number of carbonyl (C=O) groups excluding carboxylic acids is 3. The highest BCUT2D eigenvalue weighted by Crippen LogP contribution is 2.19. The van der Waals surface area contributed by atoms with Crippen LogP contribution in [0.25, 0.3) is 0 Å². The van der Waals surface area contributed by atoms with Crippen LogP contribution in [0.3, 0.4) is 0 Å². The van der Waals surface area contributed by atoms with Crippen molar-refractivity contribution in [1.82, 2.24) is 0 Å². The number of hydrogen-bond donors (Lipinski definition) is 0. The molecule has 0 bridgehead atoms. The van der Waals surface area contributed by atoms with E-state index in [2.05, 4.69) is 81.5 Å². The molecular weight excluding hydrogens is 985 g/mol. The third-order valence-corrected chi connectivity index (χ3v) is 15.8. The molecule has 0 radical (unpaired) electrons. The maximum absolute atomic E-state index is 12.9. The highest BCUT2D eigenvalue weighted by molar-refractivity contribution is 5.71. The zero-order valence-electron chi connectivity index (χ0n) is 53.6. The molecule has 0 aliphatic heterocycles. The molecule has 0 rings (SSSR count). The Morgan fingerprint density at radius 3 is 0.762 bits per heavy atom. The maximum atomic E-state index is 12.9. The number of allylic oxidation sites excluding steroid dienone is 10. The van der Waals surface area contributed by atoms with E-state index >= 15 is 0 Å². The first-order valence-corrected chi connectivity index (χ1v) is 35.3. The molecule has 0 heterocycles. The van der Waals surface area contributed by atoms with Crippen molar-refractivity contribution < 1.29 is 28.6 Å². The predicted octanol–water partition coefficient (Wildman–Crippen LogP) is 24.3. The zero-order chi connectivity index (χ0) is 57.8. The standard InChI is InChI=1S/C74H134O6/c1-4-7-10-13-16-19-21-23-25-27-29-31-33-34-35-36-37-38-39-40-42-43-45-47-49-51-53-55-58-61-64-67-73(76)79-70-71(69-78-72(75)66-63-60-57-18-15-12-9-6-3)80-74(77)68-65-62-59-56-54-52-50-48-46-44-41-32-30-28-26-24-22-20-17-14-11-8-5-2/h8,11,17,20,24,26,30,32,44,46,71H,4-7,9-10,12-16,18-19,21-23,25,27-29,31,33-43,45,47-70H2,1-3H3/b11-8-,20-17-,26-24-,32-30-,46-44-. The summed E-state index contributed by atoms with van der Waals surface area (Å²) in [4.78, 5) is 38.2. The summed E-state index contributed by atoms with van der Waals surface area (Å²) in [5.74, 6) is -0.870. The molecular formula is C74H134O6. The first-order chi connectivity index (χ1) is 39.5. The van der Waals surface area contributed by atoms with Gasteiger partial charge in [0.1, 0.15) is 13.2 Å². The second kappa shape index (κ2) is 68.6. The molecule has 0 saturated carbocycles. The average molecular weight is 1120 g/mol. The Balaban J connectivity index is 4.06. The fourth-order valence-corrected chi connectivity index (χ4v) is 10.5. The normalized spacial score (nSPS) is 12.4. The van der Waals surface area contributed by atoms with Crippen LogP contribution in [0.1, 0.15) is 374 Å². The van der Waals surface area contributed by atoms with E-state index in [1.54, 1.807) is 0 Å². The first-order valence-electron chi connectivity index (χ1n) is 35.3. The molecule has 0 amide bonds. The van der Waals surface area contributed by atoms with Crippen LogP contribution in [0.2, 0.25) is 0 Å². The molecule has 6 nitrogen and oxygen atoms in total. The lowest BCUT2D eigenvalue weighted by atomic mass is 10.0. The van der Waals surface area contributed by atoms with Gasteiger partial charge >= 0.3 is 17.9 Å². The van der Waals surface area contributed by atoms with Gasteiger partial charge in [-0.1, -0.05) is 351 Å². The topological polar surface area (TPSA) is 78.9 Å². The molecule has 6 heteroatoms. The van der Waals surface area contributed by atoms with Gasteiger partial charge in [0.05, 0.1) is 0 Å². The lowest BCUT2D eigenvalue weighted by molar-refractivity contribution is -0.167. The Morgan fingerprint density at radius 1 is 0.263 bits per heavy atom. The van der Waals surface area contributed by atoms with Crippen LogP contribution in [0.15, 0.2) is 60.8 Å². The average Bonchev–Trinajstić information content (AvgIpc) is 3.46. The lowest BCUT2D eigenvalue weighted by Crippen LogP contribution is -2.30. The Morgan fingerprint density at radius 2 is 0.487 bits per heavy atom. The van der Waals surface area contributed by atoms with Gasteiger partial charge in [-0.2, -0.15) is 0 Å². The number of hydrogen-bond acceptors (Lipinski definition) is 6. The monoisotopic (exact) mass is 1120 g/mol. The second-order valence-electron chi connectivity index (χ2n) is 23.8. The number of unbranched alkanes of at least 4 members (excludes halogenated alkanes) is 44. The predicted molar refractivity (Wildman–Crippen MR) is 348 cm³/mol. The van der Waals surface area contributed by atoms with Gasteiger partial charge in [-0.05, 0) is 64.2 Å². The quantitative estimate of drug-likeness (QED) is 0.0261.